The summed E-state index contributed by atoms with van der Waals surface area (Å²) in [4.78, 5) is 15.1. The highest BCUT2D eigenvalue weighted by molar-refractivity contribution is 6.09. The quantitative estimate of drug-likeness (QED) is 0.184. The van der Waals surface area contributed by atoms with Gasteiger partial charge in [-0.15, -0.1) is 0 Å². The molecule has 9 rings (SSSR count). The first kappa shape index (κ1) is 28.6. The number of aromatic nitrogens is 3. The van der Waals surface area contributed by atoms with Crippen LogP contribution in [0.15, 0.2) is 180 Å². The number of fused-ring (bicyclic) bond motifs is 3. The predicted octanol–water partition coefficient (Wildman–Crippen LogP) is 11.8. The summed E-state index contributed by atoms with van der Waals surface area (Å²) in [5.41, 5.74) is 11.0. The van der Waals surface area contributed by atoms with E-state index in [9.17, 15) is 0 Å². The Morgan fingerprint density at radius 1 is 0.306 bits per heavy atom. The van der Waals surface area contributed by atoms with Gasteiger partial charge in [-0.05, 0) is 52.1 Å². The first-order chi connectivity index (χ1) is 24.3. The molecule has 4 heteroatoms. The smallest absolute Gasteiger partial charge is 0.164 e. The highest BCUT2D eigenvalue weighted by Gasteiger charge is 2.17. The first-order valence-corrected chi connectivity index (χ1v) is 16.4. The summed E-state index contributed by atoms with van der Waals surface area (Å²) >= 11 is 0. The van der Waals surface area contributed by atoms with E-state index in [1.165, 1.54) is 11.1 Å². The van der Waals surface area contributed by atoms with Crippen molar-refractivity contribution < 1.29 is 4.42 Å². The highest BCUT2D eigenvalue weighted by atomic mass is 16.3. The molecule has 0 N–H and O–H groups in total. The van der Waals surface area contributed by atoms with Crippen LogP contribution in [0.4, 0.5) is 0 Å². The molecule has 4 nitrogen and oxygen atoms in total. The van der Waals surface area contributed by atoms with Crippen LogP contribution in [0.1, 0.15) is 0 Å². The van der Waals surface area contributed by atoms with E-state index >= 15 is 0 Å². The van der Waals surface area contributed by atoms with E-state index in [2.05, 4.69) is 97.1 Å². The second-order valence-corrected chi connectivity index (χ2v) is 12.1. The molecule has 0 saturated carbocycles. The third kappa shape index (κ3) is 5.45. The first-order valence-electron chi connectivity index (χ1n) is 16.4. The van der Waals surface area contributed by atoms with Crippen LogP contribution in [0.2, 0.25) is 0 Å². The van der Waals surface area contributed by atoms with E-state index in [0.717, 1.165) is 60.9 Å². The molecule has 49 heavy (non-hydrogen) atoms. The van der Waals surface area contributed by atoms with Gasteiger partial charge in [0.15, 0.2) is 17.5 Å². The highest BCUT2D eigenvalue weighted by Crippen LogP contribution is 2.39. The molecule has 2 aromatic heterocycles. The molecule has 7 aromatic carbocycles. The van der Waals surface area contributed by atoms with Crippen molar-refractivity contribution in [2.45, 2.75) is 0 Å². The van der Waals surface area contributed by atoms with E-state index in [4.69, 9.17) is 19.4 Å². The van der Waals surface area contributed by atoms with Crippen LogP contribution in [0.5, 0.6) is 0 Å². The number of para-hydroxylation sites is 2. The summed E-state index contributed by atoms with van der Waals surface area (Å²) in [6.07, 6.45) is 0. The molecule has 2 heterocycles. The van der Waals surface area contributed by atoms with Crippen molar-refractivity contribution in [3.8, 4) is 67.5 Å². The minimum absolute atomic E-state index is 0.605. The Hall–Kier alpha value is -6.65. The van der Waals surface area contributed by atoms with Crippen LogP contribution in [0, 0.1) is 0 Å². The fourth-order valence-corrected chi connectivity index (χ4v) is 6.48. The van der Waals surface area contributed by atoms with Crippen LogP contribution in [-0.2, 0) is 0 Å². The normalized spacial score (nSPS) is 11.3. The van der Waals surface area contributed by atoms with Gasteiger partial charge >= 0.3 is 0 Å². The number of nitrogens with zero attached hydrogens (tertiary/aromatic N) is 3. The SMILES string of the molecule is c1ccc(-c2ccc(-c3cc(-c4nc(-c5ccccc5)nc(-c5ccccc5)n4)cc(-c4cccc5c4oc4ccccc45)c3)cc2)cc1. The lowest BCUT2D eigenvalue weighted by Gasteiger charge is -2.13. The Morgan fingerprint density at radius 3 is 1.39 bits per heavy atom. The Balaban J connectivity index is 1.26. The molecule has 0 bridgehead atoms. The van der Waals surface area contributed by atoms with Gasteiger partial charge in [-0.3, -0.25) is 0 Å². The Bertz CT molecular complexity index is 2520. The molecule has 0 aliphatic heterocycles. The maximum absolute atomic E-state index is 6.51. The molecule has 0 amide bonds. The second kappa shape index (κ2) is 12.2. The summed E-state index contributed by atoms with van der Waals surface area (Å²) in [5.74, 6) is 1.86. The van der Waals surface area contributed by atoms with Crippen LogP contribution in [0.3, 0.4) is 0 Å². The van der Waals surface area contributed by atoms with E-state index < -0.39 is 0 Å². The number of rotatable bonds is 6. The molecule has 230 valence electrons. The molecule has 0 aliphatic carbocycles. The topological polar surface area (TPSA) is 51.8 Å². The fraction of sp³-hybridized carbons (Fsp3) is 0. The van der Waals surface area contributed by atoms with Crippen molar-refractivity contribution in [2.24, 2.45) is 0 Å². The zero-order valence-corrected chi connectivity index (χ0v) is 26.5. The molecule has 0 unspecified atom stereocenters. The van der Waals surface area contributed by atoms with E-state index in [1.54, 1.807) is 0 Å². The van der Waals surface area contributed by atoms with Crippen LogP contribution in [0.25, 0.3) is 89.5 Å². The molecule has 0 radical (unpaired) electrons. The van der Waals surface area contributed by atoms with Crippen LogP contribution >= 0.6 is 0 Å². The van der Waals surface area contributed by atoms with Gasteiger partial charge in [-0.1, -0.05) is 152 Å². The van der Waals surface area contributed by atoms with Gasteiger partial charge in [0.05, 0.1) is 0 Å². The number of benzene rings is 7. The van der Waals surface area contributed by atoms with Crippen LogP contribution < -0.4 is 0 Å². The van der Waals surface area contributed by atoms with Crippen LogP contribution in [-0.4, -0.2) is 15.0 Å². The van der Waals surface area contributed by atoms with Gasteiger partial charge in [0.25, 0.3) is 0 Å². The fourth-order valence-electron chi connectivity index (χ4n) is 6.48. The largest absolute Gasteiger partial charge is 0.455 e. The Morgan fingerprint density at radius 2 is 0.755 bits per heavy atom. The Labute approximate surface area is 284 Å². The predicted molar refractivity (Wildman–Crippen MR) is 200 cm³/mol. The summed E-state index contributed by atoms with van der Waals surface area (Å²) in [7, 11) is 0. The molecule has 0 atom stereocenters. The summed E-state index contributed by atoms with van der Waals surface area (Å²) in [5, 5.41) is 2.19. The summed E-state index contributed by atoms with van der Waals surface area (Å²) in [6, 6.07) is 60.5. The molecular formula is C45H29N3O. The molecule has 0 fully saturated rings. The molecular weight excluding hydrogens is 599 g/mol. The van der Waals surface area contributed by atoms with Crippen molar-refractivity contribution in [1.82, 2.24) is 15.0 Å². The van der Waals surface area contributed by atoms with Gasteiger partial charge < -0.3 is 4.42 Å². The molecule has 0 spiro atoms. The lowest BCUT2D eigenvalue weighted by atomic mass is 9.94. The average molecular weight is 628 g/mol. The zero-order valence-electron chi connectivity index (χ0n) is 26.5. The third-order valence-corrected chi connectivity index (χ3v) is 8.93. The number of hydrogen-bond acceptors (Lipinski definition) is 4. The second-order valence-electron chi connectivity index (χ2n) is 12.1. The zero-order chi connectivity index (χ0) is 32.6. The molecule has 0 aliphatic rings. The monoisotopic (exact) mass is 627 g/mol. The Kier molecular flexibility index (Phi) is 7.10. The van der Waals surface area contributed by atoms with Crippen molar-refractivity contribution in [1.29, 1.82) is 0 Å². The van der Waals surface area contributed by atoms with E-state index in [1.807, 2.05) is 78.9 Å². The molecule has 9 aromatic rings. The summed E-state index contributed by atoms with van der Waals surface area (Å²) in [6.45, 7) is 0. The van der Waals surface area contributed by atoms with Gasteiger partial charge in [0.2, 0.25) is 0 Å². The van der Waals surface area contributed by atoms with Gasteiger partial charge in [0, 0.05) is 33.0 Å². The lowest BCUT2D eigenvalue weighted by Crippen LogP contribution is -2.00. The van der Waals surface area contributed by atoms with Gasteiger partial charge in [-0.2, -0.15) is 0 Å². The van der Waals surface area contributed by atoms with Crippen molar-refractivity contribution in [3.63, 3.8) is 0 Å². The van der Waals surface area contributed by atoms with Crippen molar-refractivity contribution in [3.05, 3.63) is 176 Å². The minimum Gasteiger partial charge on any atom is -0.455 e. The average Bonchev–Trinajstić information content (AvgIpc) is 3.58. The number of hydrogen-bond donors (Lipinski definition) is 0. The maximum Gasteiger partial charge on any atom is 0.164 e. The maximum atomic E-state index is 6.51. The van der Waals surface area contributed by atoms with Crippen molar-refractivity contribution >= 4 is 21.9 Å². The lowest BCUT2D eigenvalue weighted by molar-refractivity contribution is 0.670. The van der Waals surface area contributed by atoms with E-state index in [0.29, 0.717) is 17.5 Å². The van der Waals surface area contributed by atoms with E-state index in [-0.39, 0.29) is 0 Å². The third-order valence-electron chi connectivity index (χ3n) is 8.93. The number of furan rings is 1. The van der Waals surface area contributed by atoms with Gasteiger partial charge in [0.1, 0.15) is 11.2 Å². The standard InChI is InChI=1S/C45H29N3O/c1-4-13-30(14-5-1)31-23-25-32(26-24-31)35-27-36(38-20-12-21-40-39-19-10-11-22-41(39)49-42(38)40)29-37(28-35)45-47-43(33-15-6-2-7-16-33)46-44(48-45)34-17-8-3-9-18-34/h1-29H. The molecule has 0 saturated heterocycles. The van der Waals surface area contributed by atoms with Crippen molar-refractivity contribution in [2.75, 3.05) is 0 Å². The summed E-state index contributed by atoms with van der Waals surface area (Å²) < 4.78 is 6.51. The minimum atomic E-state index is 0.605. The van der Waals surface area contributed by atoms with Gasteiger partial charge in [-0.25, -0.2) is 15.0 Å².